The topological polar surface area (TPSA) is 51.2 Å². The van der Waals surface area contributed by atoms with E-state index < -0.39 is 0 Å². The number of amides is 1. The van der Waals surface area contributed by atoms with Crippen molar-refractivity contribution in [3.63, 3.8) is 0 Å². The van der Waals surface area contributed by atoms with E-state index in [4.69, 9.17) is 4.74 Å². The van der Waals surface area contributed by atoms with E-state index in [0.717, 1.165) is 16.7 Å². The van der Waals surface area contributed by atoms with Crippen LogP contribution in [0.5, 0.6) is 5.88 Å². The molecule has 0 spiro atoms. The lowest BCUT2D eigenvalue weighted by atomic mass is 10.1. The molecule has 0 saturated heterocycles. The molecule has 0 aliphatic rings. The number of carbonyl (C=O) groups is 1. The lowest BCUT2D eigenvalue weighted by Gasteiger charge is -2.09. The number of nitrogens with one attached hydrogen (secondary N) is 1. The van der Waals surface area contributed by atoms with E-state index in [1.807, 2.05) is 61.5 Å². The van der Waals surface area contributed by atoms with Crippen molar-refractivity contribution in [2.45, 2.75) is 20.1 Å². The first kappa shape index (κ1) is 16.7. The van der Waals surface area contributed by atoms with Gasteiger partial charge < -0.3 is 10.1 Å². The van der Waals surface area contributed by atoms with E-state index in [-0.39, 0.29) is 5.91 Å². The Morgan fingerprint density at radius 1 is 1.04 bits per heavy atom. The van der Waals surface area contributed by atoms with Crippen LogP contribution in [0.3, 0.4) is 0 Å². The van der Waals surface area contributed by atoms with Gasteiger partial charge in [0, 0.05) is 24.4 Å². The maximum atomic E-state index is 12.4. The fourth-order valence-electron chi connectivity index (χ4n) is 2.45. The second-order valence-electron chi connectivity index (χ2n) is 5.77. The summed E-state index contributed by atoms with van der Waals surface area (Å²) in [4.78, 5) is 16.5. The van der Waals surface area contributed by atoms with Gasteiger partial charge in [-0.25, -0.2) is 4.98 Å². The Kier molecular flexibility index (Phi) is 5.42. The molecule has 0 bridgehead atoms. The Balaban J connectivity index is 1.60. The molecule has 1 aromatic heterocycles. The number of hydrogen-bond acceptors (Lipinski definition) is 3. The van der Waals surface area contributed by atoms with Gasteiger partial charge in [0.25, 0.3) is 5.91 Å². The van der Waals surface area contributed by atoms with E-state index in [2.05, 4.69) is 10.3 Å². The molecule has 1 heterocycles. The first-order valence-corrected chi connectivity index (χ1v) is 8.18. The molecule has 0 radical (unpaired) electrons. The zero-order valence-corrected chi connectivity index (χ0v) is 14.1. The van der Waals surface area contributed by atoms with Crippen molar-refractivity contribution in [2.75, 3.05) is 0 Å². The van der Waals surface area contributed by atoms with Crippen LogP contribution in [0, 0.1) is 6.92 Å². The number of nitrogens with zero attached hydrogens (tertiary/aromatic N) is 1. The van der Waals surface area contributed by atoms with Gasteiger partial charge in [0.2, 0.25) is 5.88 Å². The van der Waals surface area contributed by atoms with Crippen LogP contribution in [0.15, 0.2) is 72.9 Å². The summed E-state index contributed by atoms with van der Waals surface area (Å²) in [5.74, 6) is 0.294. The third kappa shape index (κ3) is 4.67. The molecule has 1 amide bonds. The van der Waals surface area contributed by atoms with Crippen LogP contribution in [-0.4, -0.2) is 10.9 Å². The van der Waals surface area contributed by atoms with E-state index in [9.17, 15) is 4.79 Å². The summed E-state index contributed by atoms with van der Waals surface area (Å²) < 4.78 is 5.67. The number of ether oxygens (including phenoxy) is 1. The fraction of sp³-hybridized carbons (Fsp3) is 0.143. The van der Waals surface area contributed by atoms with Gasteiger partial charge >= 0.3 is 0 Å². The molecule has 4 nitrogen and oxygen atoms in total. The molecule has 25 heavy (non-hydrogen) atoms. The summed E-state index contributed by atoms with van der Waals surface area (Å²) in [6.07, 6.45) is 1.59. The monoisotopic (exact) mass is 332 g/mol. The standard InChI is InChI=1S/C21H20N2O2/c1-16-7-5-6-10-19(16)14-23-21(24)18-11-12-22-20(13-18)25-15-17-8-3-2-4-9-17/h2-13H,14-15H2,1H3,(H,23,24). The average Bonchev–Trinajstić information content (AvgIpc) is 2.66. The Labute approximate surface area is 147 Å². The molecular formula is C21H20N2O2. The van der Waals surface area contributed by atoms with Crippen molar-refractivity contribution in [3.05, 3.63) is 95.2 Å². The van der Waals surface area contributed by atoms with Gasteiger partial charge in [-0.2, -0.15) is 0 Å². The first-order chi connectivity index (χ1) is 12.2. The highest BCUT2D eigenvalue weighted by Crippen LogP contribution is 2.12. The maximum Gasteiger partial charge on any atom is 0.251 e. The second kappa shape index (κ2) is 8.11. The number of aromatic nitrogens is 1. The minimum Gasteiger partial charge on any atom is -0.473 e. The van der Waals surface area contributed by atoms with E-state index in [0.29, 0.717) is 24.6 Å². The molecule has 4 heteroatoms. The van der Waals surface area contributed by atoms with Gasteiger partial charge in [-0.1, -0.05) is 54.6 Å². The zero-order chi connectivity index (χ0) is 17.5. The molecule has 1 N–H and O–H groups in total. The van der Waals surface area contributed by atoms with Crippen molar-refractivity contribution in [3.8, 4) is 5.88 Å². The molecule has 0 atom stereocenters. The molecule has 2 aromatic carbocycles. The third-order valence-corrected chi connectivity index (χ3v) is 3.93. The quantitative estimate of drug-likeness (QED) is 0.745. The van der Waals surface area contributed by atoms with E-state index in [1.54, 1.807) is 18.3 Å². The van der Waals surface area contributed by atoms with Crippen molar-refractivity contribution >= 4 is 5.91 Å². The van der Waals surface area contributed by atoms with Gasteiger partial charge in [-0.05, 0) is 29.7 Å². The summed E-state index contributed by atoms with van der Waals surface area (Å²) in [6, 6.07) is 21.2. The van der Waals surface area contributed by atoms with Gasteiger partial charge in [-0.15, -0.1) is 0 Å². The smallest absolute Gasteiger partial charge is 0.251 e. The Bertz CT molecular complexity index is 847. The Morgan fingerprint density at radius 3 is 2.60 bits per heavy atom. The van der Waals surface area contributed by atoms with Crippen molar-refractivity contribution in [2.24, 2.45) is 0 Å². The molecule has 126 valence electrons. The van der Waals surface area contributed by atoms with Crippen molar-refractivity contribution in [1.29, 1.82) is 0 Å². The van der Waals surface area contributed by atoms with Crippen LogP contribution >= 0.6 is 0 Å². The first-order valence-electron chi connectivity index (χ1n) is 8.18. The molecule has 0 fully saturated rings. The molecule has 3 rings (SSSR count). The van der Waals surface area contributed by atoms with Gasteiger partial charge in [0.05, 0.1) is 0 Å². The number of carbonyl (C=O) groups excluding carboxylic acids is 1. The highest BCUT2D eigenvalue weighted by atomic mass is 16.5. The van der Waals surface area contributed by atoms with Gasteiger partial charge in [0.15, 0.2) is 0 Å². The average molecular weight is 332 g/mol. The molecule has 0 unspecified atom stereocenters. The van der Waals surface area contributed by atoms with Crippen LogP contribution in [-0.2, 0) is 13.2 Å². The fourth-order valence-corrected chi connectivity index (χ4v) is 2.45. The molecular weight excluding hydrogens is 312 g/mol. The Morgan fingerprint density at radius 2 is 1.80 bits per heavy atom. The predicted molar refractivity (Wildman–Crippen MR) is 97.4 cm³/mol. The summed E-state index contributed by atoms with van der Waals surface area (Å²) in [7, 11) is 0. The summed E-state index contributed by atoms with van der Waals surface area (Å²) in [6.45, 7) is 2.94. The second-order valence-corrected chi connectivity index (χ2v) is 5.77. The van der Waals surface area contributed by atoms with Crippen LogP contribution in [0.25, 0.3) is 0 Å². The normalized spacial score (nSPS) is 10.3. The van der Waals surface area contributed by atoms with Crippen LogP contribution in [0.1, 0.15) is 27.0 Å². The summed E-state index contributed by atoms with van der Waals surface area (Å²) >= 11 is 0. The zero-order valence-electron chi connectivity index (χ0n) is 14.1. The van der Waals surface area contributed by atoms with Gasteiger partial charge in [-0.3, -0.25) is 4.79 Å². The molecule has 3 aromatic rings. The third-order valence-electron chi connectivity index (χ3n) is 3.93. The molecule has 0 aliphatic heterocycles. The van der Waals surface area contributed by atoms with Gasteiger partial charge in [0.1, 0.15) is 6.61 Å². The van der Waals surface area contributed by atoms with Crippen LogP contribution in [0.2, 0.25) is 0 Å². The lowest BCUT2D eigenvalue weighted by Crippen LogP contribution is -2.23. The number of pyridine rings is 1. The number of hydrogen-bond donors (Lipinski definition) is 1. The predicted octanol–water partition coefficient (Wildman–Crippen LogP) is 3.90. The Hall–Kier alpha value is -3.14. The molecule has 0 saturated carbocycles. The lowest BCUT2D eigenvalue weighted by molar-refractivity contribution is 0.0950. The highest BCUT2D eigenvalue weighted by molar-refractivity contribution is 5.94. The van der Waals surface area contributed by atoms with Crippen molar-refractivity contribution in [1.82, 2.24) is 10.3 Å². The van der Waals surface area contributed by atoms with Crippen LogP contribution < -0.4 is 10.1 Å². The number of rotatable bonds is 6. The largest absolute Gasteiger partial charge is 0.473 e. The minimum absolute atomic E-state index is 0.143. The maximum absolute atomic E-state index is 12.4. The highest BCUT2D eigenvalue weighted by Gasteiger charge is 2.08. The number of aryl methyl sites for hydroxylation is 1. The minimum atomic E-state index is -0.143. The number of benzene rings is 2. The summed E-state index contributed by atoms with van der Waals surface area (Å²) in [5, 5.41) is 2.93. The summed E-state index contributed by atoms with van der Waals surface area (Å²) in [5.41, 5.74) is 3.85. The van der Waals surface area contributed by atoms with Crippen LogP contribution in [0.4, 0.5) is 0 Å². The van der Waals surface area contributed by atoms with E-state index >= 15 is 0 Å². The van der Waals surface area contributed by atoms with Crippen molar-refractivity contribution < 1.29 is 9.53 Å². The van der Waals surface area contributed by atoms with E-state index in [1.165, 1.54) is 0 Å². The molecule has 0 aliphatic carbocycles. The SMILES string of the molecule is Cc1ccccc1CNC(=O)c1ccnc(OCc2ccccc2)c1.